The first-order valence-corrected chi connectivity index (χ1v) is 12.1. The molecule has 0 N–H and O–H groups in total. The average molecular weight is 436 g/mol. The first-order valence-electron chi connectivity index (χ1n) is 12.1. The molecule has 1 aliphatic carbocycles. The van der Waals surface area contributed by atoms with E-state index >= 15 is 0 Å². The third-order valence-electron chi connectivity index (χ3n) is 7.46. The Labute approximate surface area is 190 Å². The minimum atomic E-state index is 0.00905. The highest BCUT2D eigenvalue weighted by Crippen LogP contribution is 2.29. The van der Waals surface area contributed by atoms with Crippen molar-refractivity contribution >= 4 is 5.91 Å². The molecule has 3 heterocycles. The van der Waals surface area contributed by atoms with Crippen LogP contribution in [0.3, 0.4) is 0 Å². The van der Waals surface area contributed by atoms with Crippen LogP contribution in [0.4, 0.5) is 0 Å². The molecule has 2 fully saturated rings. The number of amides is 1. The molecule has 32 heavy (non-hydrogen) atoms. The molecule has 170 valence electrons. The zero-order valence-corrected chi connectivity index (χ0v) is 18.7. The van der Waals surface area contributed by atoms with E-state index in [0.29, 0.717) is 24.1 Å². The summed E-state index contributed by atoms with van der Waals surface area (Å²) in [5.41, 5.74) is 3.60. The molecule has 1 atom stereocenters. The van der Waals surface area contributed by atoms with Crippen LogP contribution >= 0.6 is 0 Å². The monoisotopic (exact) mass is 435 g/mol. The summed E-state index contributed by atoms with van der Waals surface area (Å²) < 4.78 is 6.56. The van der Waals surface area contributed by atoms with E-state index in [1.54, 1.807) is 12.1 Å². The van der Waals surface area contributed by atoms with Crippen molar-refractivity contribution in [3.8, 4) is 0 Å². The van der Waals surface area contributed by atoms with Crippen LogP contribution in [0.1, 0.15) is 47.2 Å². The number of nitrogens with zero attached hydrogens (tertiary/aromatic N) is 3. The summed E-state index contributed by atoms with van der Waals surface area (Å²) in [6.07, 6.45) is 9.58. The Morgan fingerprint density at radius 1 is 1.03 bits per heavy atom. The fourth-order valence-electron chi connectivity index (χ4n) is 5.62. The summed E-state index contributed by atoms with van der Waals surface area (Å²) in [4.78, 5) is 17.9. The molecule has 2 saturated heterocycles. The molecule has 6 nitrogen and oxygen atoms in total. The van der Waals surface area contributed by atoms with E-state index in [2.05, 4.69) is 29.2 Å². The molecular weight excluding hydrogens is 402 g/mol. The number of hydrogen-bond acceptors (Lipinski definition) is 4. The molecule has 1 amide bonds. The van der Waals surface area contributed by atoms with Crippen LogP contribution in [-0.4, -0.2) is 60.6 Å². The number of aromatic nitrogens is 1. The van der Waals surface area contributed by atoms with Gasteiger partial charge in [-0.15, -0.1) is 0 Å². The lowest BCUT2D eigenvalue weighted by Crippen LogP contribution is -2.46. The molecule has 0 radical (unpaired) electrons. The van der Waals surface area contributed by atoms with Gasteiger partial charge in [0.1, 0.15) is 0 Å². The van der Waals surface area contributed by atoms with Crippen molar-refractivity contribution in [2.24, 2.45) is 5.92 Å². The van der Waals surface area contributed by atoms with Gasteiger partial charge >= 0.3 is 0 Å². The van der Waals surface area contributed by atoms with Gasteiger partial charge in [0.2, 0.25) is 0 Å². The smallest absolute Gasteiger partial charge is 0.254 e. The van der Waals surface area contributed by atoms with Gasteiger partial charge in [0, 0.05) is 37.9 Å². The van der Waals surface area contributed by atoms with E-state index in [-0.39, 0.29) is 12.0 Å². The van der Waals surface area contributed by atoms with Gasteiger partial charge in [0.15, 0.2) is 12.4 Å². The van der Waals surface area contributed by atoms with Crippen molar-refractivity contribution in [3.05, 3.63) is 70.7 Å². The number of benzene rings is 1. The largest absolute Gasteiger partial charge is 0.619 e. The second kappa shape index (κ2) is 9.59. The van der Waals surface area contributed by atoms with Gasteiger partial charge in [-0.25, -0.2) is 0 Å². The van der Waals surface area contributed by atoms with Crippen LogP contribution in [0, 0.1) is 11.1 Å². The summed E-state index contributed by atoms with van der Waals surface area (Å²) in [5, 5.41) is 11.4. The Morgan fingerprint density at radius 2 is 1.72 bits per heavy atom. The first-order chi connectivity index (χ1) is 15.7. The number of rotatable bonds is 6. The fraction of sp³-hybridized carbons (Fsp3) is 0.538. The second-order valence-electron chi connectivity index (χ2n) is 9.60. The van der Waals surface area contributed by atoms with Gasteiger partial charge in [-0.1, -0.05) is 24.3 Å². The van der Waals surface area contributed by atoms with Crippen LogP contribution in [-0.2, 0) is 17.6 Å². The molecule has 6 heteroatoms. The molecular formula is C26H33N3O3. The Kier molecular flexibility index (Phi) is 6.42. The number of ether oxygens (including phenoxy) is 1. The minimum absolute atomic E-state index is 0.00905. The predicted octanol–water partition coefficient (Wildman–Crippen LogP) is 2.82. The maximum Gasteiger partial charge on any atom is 0.254 e. The summed E-state index contributed by atoms with van der Waals surface area (Å²) in [6.45, 7) is 4.41. The Bertz CT molecular complexity index is 893. The van der Waals surface area contributed by atoms with Crippen LogP contribution in [0.25, 0.3) is 0 Å². The third kappa shape index (κ3) is 4.81. The van der Waals surface area contributed by atoms with E-state index in [1.807, 2.05) is 4.90 Å². The molecule has 1 unspecified atom stereocenters. The van der Waals surface area contributed by atoms with Crippen LogP contribution in [0.5, 0.6) is 0 Å². The van der Waals surface area contributed by atoms with Gasteiger partial charge in [0.05, 0.1) is 11.7 Å². The first kappa shape index (κ1) is 21.4. The average Bonchev–Trinajstić information content (AvgIpc) is 3.49. The second-order valence-corrected chi connectivity index (χ2v) is 9.60. The van der Waals surface area contributed by atoms with Crippen LogP contribution < -0.4 is 4.73 Å². The van der Waals surface area contributed by atoms with Crippen molar-refractivity contribution in [2.45, 2.75) is 50.7 Å². The number of piperidine rings is 1. The van der Waals surface area contributed by atoms with E-state index in [9.17, 15) is 10.0 Å². The molecule has 2 aromatic rings. The zero-order chi connectivity index (χ0) is 21.9. The zero-order valence-electron chi connectivity index (χ0n) is 18.7. The van der Waals surface area contributed by atoms with Crippen LogP contribution in [0.15, 0.2) is 48.8 Å². The lowest BCUT2D eigenvalue weighted by Gasteiger charge is -2.38. The van der Waals surface area contributed by atoms with Gasteiger partial charge < -0.3 is 14.8 Å². The SMILES string of the molecule is O=C(c1cc[n+]([O-])cc1)N(CC1CCN(C2Cc3ccccc3C2)CC1)CC1CCCO1. The highest BCUT2D eigenvalue weighted by atomic mass is 16.5. The topological polar surface area (TPSA) is 59.7 Å². The van der Waals surface area contributed by atoms with E-state index in [1.165, 1.54) is 23.5 Å². The highest BCUT2D eigenvalue weighted by Gasteiger charge is 2.32. The molecule has 2 aliphatic heterocycles. The number of fused-ring (bicyclic) bond motifs is 1. The summed E-state index contributed by atoms with van der Waals surface area (Å²) in [7, 11) is 0. The van der Waals surface area contributed by atoms with Crippen molar-refractivity contribution < 1.29 is 14.3 Å². The molecule has 3 aliphatic rings. The maximum absolute atomic E-state index is 13.3. The van der Waals surface area contributed by atoms with Crippen molar-refractivity contribution in [2.75, 3.05) is 32.8 Å². The van der Waals surface area contributed by atoms with Crippen molar-refractivity contribution in [1.82, 2.24) is 9.80 Å². The van der Waals surface area contributed by atoms with Gasteiger partial charge in [0.25, 0.3) is 5.91 Å². The third-order valence-corrected chi connectivity index (χ3v) is 7.46. The number of carbonyl (C=O) groups is 1. The number of carbonyl (C=O) groups excluding carboxylic acids is 1. The van der Waals surface area contributed by atoms with E-state index in [0.717, 1.165) is 69.5 Å². The molecule has 0 bridgehead atoms. The summed E-state index contributed by atoms with van der Waals surface area (Å²) in [5.74, 6) is 0.517. The fourth-order valence-corrected chi connectivity index (χ4v) is 5.62. The molecule has 5 rings (SSSR count). The van der Waals surface area contributed by atoms with Gasteiger partial charge in [-0.05, 0) is 68.7 Å². The molecule has 1 aromatic carbocycles. The Hall–Kier alpha value is -2.44. The summed E-state index contributed by atoms with van der Waals surface area (Å²) in [6, 6.07) is 12.7. The number of likely N-dealkylation sites (tertiary alicyclic amines) is 1. The maximum atomic E-state index is 13.3. The quantitative estimate of drug-likeness (QED) is 0.517. The highest BCUT2D eigenvalue weighted by molar-refractivity contribution is 5.94. The number of pyridine rings is 1. The Morgan fingerprint density at radius 3 is 2.34 bits per heavy atom. The van der Waals surface area contributed by atoms with E-state index in [4.69, 9.17) is 4.74 Å². The lowest BCUT2D eigenvalue weighted by atomic mass is 9.94. The summed E-state index contributed by atoms with van der Waals surface area (Å²) >= 11 is 0. The standard InChI is InChI=1S/C26H33N3O3/c30-26(21-9-13-29(31)14-10-21)28(19-25-6-3-15-32-25)18-20-7-11-27(12-8-20)24-16-22-4-1-2-5-23(22)17-24/h1-2,4-5,9-10,13-14,20,24-25H,3,6-8,11-12,15-19H2. The van der Waals surface area contributed by atoms with Crippen molar-refractivity contribution in [3.63, 3.8) is 0 Å². The van der Waals surface area contributed by atoms with E-state index < -0.39 is 0 Å². The normalized spacial score (nSPS) is 22.2. The number of hydrogen-bond donors (Lipinski definition) is 0. The minimum Gasteiger partial charge on any atom is -0.619 e. The lowest BCUT2D eigenvalue weighted by molar-refractivity contribution is -0.605. The molecule has 0 saturated carbocycles. The Balaban J connectivity index is 1.19. The predicted molar refractivity (Wildman–Crippen MR) is 122 cm³/mol. The van der Waals surface area contributed by atoms with Crippen molar-refractivity contribution in [1.29, 1.82) is 0 Å². The van der Waals surface area contributed by atoms with Gasteiger partial charge in [-0.2, -0.15) is 4.73 Å². The van der Waals surface area contributed by atoms with Gasteiger partial charge in [-0.3, -0.25) is 9.69 Å². The van der Waals surface area contributed by atoms with Crippen LogP contribution in [0.2, 0.25) is 0 Å². The molecule has 1 aromatic heterocycles. The molecule has 0 spiro atoms.